The van der Waals surface area contributed by atoms with Crippen molar-refractivity contribution in [3.8, 4) is 0 Å². The highest BCUT2D eigenvalue weighted by Crippen LogP contribution is 2.07. The standard InChI is InChI=1S/C11H13N3O4S/c1-2-19(17,18)6-5-10(15)14-8-3-4-9(11(12)16)13-7-8/h2-4,7H,1,5-6H2,(H2,12,16)(H,14,15). The van der Waals surface area contributed by atoms with E-state index in [2.05, 4.69) is 16.9 Å². The molecule has 1 aromatic heterocycles. The van der Waals surface area contributed by atoms with Gasteiger partial charge in [-0.05, 0) is 12.1 Å². The topological polar surface area (TPSA) is 119 Å². The number of nitrogens with one attached hydrogen (secondary N) is 1. The number of hydrogen-bond donors (Lipinski definition) is 2. The number of nitrogens with zero attached hydrogens (tertiary/aromatic N) is 1. The number of rotatable bonds is 6. The second kappa shape index (κ2) is 6.10. The summed E-state index contributed by atoms with van der Waals surface area (Å²) in [5.41, 5.74) is 5.44. The Morgan fingerprint density at radius 2 is 2.11 bits per heavy atom. The number of carbonyl (C=O) groups excluding carboxylic acids is 2. The average molecular weight is 283 g/mol. The lowest BCUT2D eigenvalue weighted by molar-refractivity contribution is -0.115. The number of pyridine rings is 1. The van der Waals surface area contributed by atoms with E-state index in [9.17, 15) is 18.0 Å². The van der Waals surface area contributed by atoms with E-state index in [1.807, 2.05) is 0 Å². The molecule has 2 amide bonds. The van der Waals surface area contributed by atoms with Crippen LogP contribution in [0.3, 0.4) is 0 Å². The minimum atomic E-state index is -3.40. The first-order valence-electron chi connectivity index (χ1n) is 5.25. The van der Waals surface area contributed by atoms with Crippen molar-refractivity contribution in [2.75, 3.05) is 11.1 Å². The molecule has 0 saturated heterocycles. The van der Waals surface area contributed by atoms with Gasteiger partial charge >= 0.3 is 0 Å². The Bertz CT molecular complexity index is 593. The molecule has 0 spiro atoms. The van der Waals surface area contributed by atoms with E-state index < -0.39 is 21.7 Å². The first kappa shape index (κ1) is 14.8. The molecule has 0 aliphatic heterocycles. The van der Waals surface area contributed by atoms with Crippen molar-refractivity contribution >= 4 is 27.3 Å². The van der Waals surface area contributed by atoms with Crippen LogP contribution in [-0.2, 0) is 14.6 Å². The highest BCUT2D eigenvalue weighted by molar-refractivity contribution is 7.94. The zero-order valence-corrected chi connectivity index (χ0v) is 10.8. The van der Waals surface area contributed by atoms with Gasteiger partial charge in [-0.2, -0.15) is 0 Å². The molecule has 0 aliphatic rings. The predicted octanol–water partition coefficient (Wildman–Crippen LogP) is 0.0674. The van der Waals surface area contributed by atoms with E-state index in [0.29, 0.717) is 5.69 Å². The van der Waals surface area contributed by atoms with Gasteiger partial charge in [-0.1, -0.05) is 6.58 Å². The zero-order chi connectivity index (χ0) is 14.5. The largest absolute Gasteiger partial charge is 0.364 e. The Balaban J connectivity index is 2.58. The number of hydrogen-bond acceptors (Lipinski definition) is 5. The maximum Gasteiger partial charge on any atom is 0.267 e. The highest BCUT2D eigenvalue weighted by Gasteiger charge is 2.10. The fraction of sp³-hybridized carbons (Fsp3) is 0.182. The van der Waals surface area contributed by atoms with Crippen LogP contribution >= 0.6 is 0 Å². The summed E-state index contributed by atoms with van der Waals surface area (Å²) in [6.07, 6.45) is 1.08. The van der Waals surface area contributed by atoms with Crippen LogP contribution in [0.5, 0.6) is 0 Å². The molecule has 1 aromatic rings. The molecule has 7 nitrogen and oxygen atoms in total. The van der Waals surface area contributed by atoms with Crippen molar-refractivity contribution in [1.82, 2.24) is 4.98 Å². The molecular formula is C11H13N3O4S. The summed E-state index contributed by atoms with van der Waals surface area (Å²) in [6, 6.07) is 2.81. The summed E-state index contributed by atoms with van der Waals surface area (Å²) < 4.78 is 22.2. The van der Waals surface area contributed by atoms with Crippen LogP contribution in [0, 0.1) is 0 Å². The Hall–Kier alpha value is -2.22. The lowest BCUT2D eigenvalue weighted by Gasteiger charge is -2.04. The van der Waals surface area contributed by atoms with Gasteiger partial charge in [-0.3, -0.25) is 9.59 Å². The molecule has 0 atom stereocenters. The number of aromatic nitrogens is 1. The summed E-state index contributed by atoms with van der Waals surface area (Å²) in [6.45, 7) is 3.15. The van der Waals surface area contributed by atoms with Crippen LogP contribution < -0.4 is 11.1 Å². The molecule has 0 aliphatic carbocycles. The summed E-state index contributed by atoms with van der Waals surface area (Å²) >= 11 is 0. The van der Waals surface area contributed by atoms with Gasteiger partial charge in [0.25, 0.3) is 5.91 Å². The van der Waals surface area contributed by atoms with E-state index in [1.54, 1.807) is 0 Å². The van der Waals surface area contributed by atoms with Gasteiger partial charge in [0.2, 0.25) is 5.91 Å². The van der Waals surface area contributed by atoms with Crippen LogP contribution in [0.1, 0.15) is 16.9 Å². The fourth-order valence-electron chi connectivity index (χ4n) is 1.16. The zero-order valence-electron chi connectivity index (χ0n) is 10.00. The summed E-state index contributed by atoms with van der Waals surface area (Å²) in [4.78, 5) is 26.0. The van der Waals surface area contributed by atoms with Gasteiger partial charge in [0, 0.05) is 11.8 Å². The molecule has 0 radical (unpaired) electrons. The fourth-order valence-corrected chi connectivity index (χ4v) is 1.79. The van der Waals surface area contributed by atoms with Gasteiger partial charge < -0.3 is 11.1 Å². The Morgan fingerprint density at radius 3 is 2.58 bits per heavy atom. The minimum absolute atomic E-state index is 0.0761. The molecule has 3 N–H and O–H groups in total. The molecule has 19 heavy (non-hydrogen) atoms. The molecule has 0 unspecified atom stereocenters. The van der Waals surface area contributed by atoms with E-state index in [4.69, 9.17) is 5.73 Å². The Kier molecular flexibility index (Phi) is 4.76. The van der Waals surface area contributed by atoms with E-state index in [-0.39, 0.29) is 17.9 Å². The molecule has 0 saturated carbocycles. The summed E-state index contributed by atoms with van der Waals surface area (Å²) in [5.74, 6) is -1.45. The molecule has 8 heteroatoms. The van der Waals surface area contributed by atoms with Gasteiger partial charge in [-0.15, -0.1) is 0 Å². The number of anilines is 1. The third-order valence-electron chi connectivity index (χ3n) is 2.17. The SMILES string of the molecule is C=CS(=O)(=O)CCC(=O)Nc1ccc(C(N)=O)nc1. The van der Waals surface area contributed by atoms with E-state index in [1.165, 1.54) is 18.3 Å². The summed E-state index contributed by atoms with van der Waals surface area (Å²) in [5, 5.41) is 3.26. The van der Waals surface area contributed by atoms with Crippen LogP contribution in [-0.4, -0.2) is 31.0 Å². The predicted molar refractivity (Wildman–Crippen MR) is 70.0 cm³/mol. The van der Waals surface area contributed by atoms with Crippen LogP contribution in [0.15, 0.2) is 30.3 Å². The van der Waals surface area contributed by atoms with Crippen molar-refractivity contribution in [2.45, 2.75) is 6.42 Å². The third-order valence-corrected chi connectivity index (χ3v) is 3.45. The molecule has 1 rings (SSSR count). The molecular weight excluding hydrogens is 270 g/mol. The number of primary amides is 1. The van der Waals surface area contributed by atoms with Gasteiger partial charge in [0.15, 0.2) is 9.84 Å². The van der Waals surface area contributed by atoms with E-state index in [0.717, 1.165) is 5.41 Å². The first-order chi connectivity index (χ1) is 8.84. The number of amides is 2. The highest BCUT2D eigenvalue weighted by atomic mass is 32.2. The number of nitrogens with two attached hydrogens (primary N) is 1. The lowest BCUT2D eigenvalue weighted by atomic mass is 10.3. The van der Waals surface area contributed by atoms with Crippen molar-refractivity contribution in [2.24, 2.45) is 5.73 Å². The van der Waals surface area contributed by atoms with Crippen LogP contribution in [0.2, 0.25) is 0 Å². The molecule has 0 bridgehead atoms. The van der Waals surface area contributed by atoms with Gasteiger partial charge in [0.05, 0.1) is 17.6 Å². The first-order valence-corrected chi connectivity index (χ1v) is 6.96. The second-order valence-corrected chi connectivity index (χ2v) is 5.70. The van der Waals surface area contributed by atoms with Crippen LogP contribution in [0.4, 0.5) is 5.69 Å². The quantitative estimate of drug-likeness (QED) is 0.765. The van der Waals surface area contributed by atoms with Gasteiger partial charge in [-0.25, -0.2) is 13.4 Å². The maximum absolute atomic E-state index is 11.5. The number of sulfone groups is 1. The van der Waals surface area contributed by atoms with Crippen LogP contribution in [0.25, 0.3) is 0 Å². The van der Waals surface area contributed by atoms with Crippen molar-refractivity contribution < 1.29 is 18.0 Å². The lowest BCUT2D eigenvalue weighted by Crippen LogP contribution is -2.17. The third kappa shape index (κ3) is 4.88. The Morgan fingerprint density at radius 1 is 1.42 bits per heavy atom. The minimum Gasteiger partial charge on any atom is -0.364 e. The van der Waals surface area contributed by atoms with Crippen molar-refractivity contribution in [3.63, 3.8) is 0 Å². The van der Waals surface area contributed by atoms with E-state index >= 15 is 0 Å². The second-order valence-electron chi connectivity index (χ2n) is 3.63. The average Bonchev–Trinajstić information content (AvgIpc) is 2.37. The smallest absolute Gasteiger partial charge is 0.267 e. The summed E-state index contributed by atoms with van der Waals surface area (Å²) in [7, 11) is -3.40. The monoisotopic (exact) mass is 283 g/mol. The normalized spacial score (nSPS) is 10.7. The molecule has 0 fully saturated rings. The van der Waals surface area contributed by atoms with Gasteiger partial charge in [0.1, 0.15) is 5.69 Å². The molecule has 102 valence electrons. The maximum atomic E-state index is 11.5. The molecule has 0 aromatic carbocycles. The Labute approximate surface area is 110 Å². The number of carbonyl (C=O) groups is 2. The van der Waals surface area contributed by atoms with Crippen molar-refractivity contribution in [3.05, 3.63) is 36.0 Å². The molecule has 1 heterocycles. The van der Waals surface area contributed by atoms with Crippen molar-refractivity contribution in [1.29, 1.82) is 0 Å².